The molecule has 0 saturated carbocycles. The fraction of sp³-hybridized carbons (Fsp3) is 0.222. The first-order chi connectivity index (χ1) is 17.3. The molecule has 0 aliphatic carbocycles. The number of thioether (sulfide) groups is 1. The number of amides is 1. The maximum atomic E-state index is 12.8. The van der Waals surface area contributed by atoms with Gasteiger partial charge in [-0.1, -0.05) is 42.1 Å². The lowest BCUT2D eigenvalue weighted by molar-refractivity contribution is -0.138. The molecule has 0 saturated heterocycles. The second-order valence-corrected chi connectivity index (χ2v) is 9.39. The van der Waals surface area contributed by atoms with E-state index in [1.165, 1.54) is 0 Å². The third-order valence-electron chi connectivity index (χ3n) is 4.85. The highest BCUT2D eigenvalue weighted by molar-refractivity contribution is 9.10. The monoisotopic (exact) mass is 571 g/mol. The van der Waals surface area contributed by atoms with Gasteiger partial charge in [0.25, 0.3) is 5.91 Å². The predicted molar refractivity (Wildman–Crippen MR) is 146 cm³/mol. The standard InChI is InChI=1S/C27H26BrNO6S/c1-5-12-35-24-19(28)13-17(14-20(24)33-6-2)15-21-23(30)22(27(32)34-7-3)26(36-21)29-25(31)18-10-8-16(4)9-11-18/h5,8-11,13-15,30H,1,6-7,12H2,2-4H3/b21-15-,29-26?. The van der Waals surface area contributed by atoms with Gasteiger partial charge in [-0.25, -0.2) is 9.79 Å². The van der Waals surface area contributed by atoms with Crippen molar-refractivity contribution in [2.24, 2.45) is 4.99 Å². The van der Waals surface area contributed by atoms with E-state index >= 15 is 0 Å². The molecule has 0 spiro atoms. The van der Waals surface area contributed by atoms with Crippen LogP contribution >= 0.6 is 27.7 Å². The number of halogens is 1. The number of aliphatic hydroxyl groups is 1. The number of aliphatic hydroxyl groups excluding tert-OH is 1. The zero-order chi connectivity index (χ0) is 26.2. The molecule has 3 rings (SSSR count). The summed E-state index contributed by atoms with van der Waals surface area (Å²) < 4.78 is 17.2. The highest BCUT2D eigenvalue weighted by Gasteiger charge is 2.34. The van der Waals surface area contributed by atoms with Crippen molar-refractivity contribution in [2.45, 2.75) is 20.8 Å². The first kappa shape index (κ1) is 27.3. The van der Waals surface area contributed by atoms with Gasteiger partial charge < -0.3 is 19.3 Å². The van der Waals surface area contributed by atoms with Crippen LogP contribution in [-0.2, 0) is 9.53 Å². The molecular formula is C27H26BrNO6S. The molecule has 2 aromatic carbocycles. The minimum atomic E-state index is -0.759. The predicted octanol–water partition coefficient (Wildman–Crippen LogP) is 6.42. The molecule has 0 fully saturated rings. The topological polar surface area (TPSA) is 94.4 Å². The SMILES string of the molecule is C=CCOc1c(Br)cc(/C=C2\SC(=NC(=O)c3ccc(C)cc3)C(C(=O)OCC)=C2O)cc1OCC. The molecule has 188 valence electrons. The van der Waals surface area contributed by atoms with Crippen molar-refractivity contribution in [2.75, 3.05) is 19.8 Å². The highest BCUT2D eigenvalue weighted by atomic mass is 79.9. The molecule has 1 heterocycles. The van der Waals surface area contributed by atoms with Gasteiger partial charge in [0.2, 0.25) is 0 Å². The zero-order valence-corrected chi connectivity index (χ0v) is 22.6. The summed E-state index contributed by atoms with van der Waals surface area (Å²) >= 11 is 4.51. The Hall–Kier alpha value is -3.30. The zero-order valence-electron chi connectivity index (χ0n) is 20.2. The fourth-order valence-corrected chi connectivity index (χ4v) is 4.80. The number of ether oxygens (including phenoxy) is 3. The molecule has 0 bridgehead atoms. The molecule has 36 heavy (non-hydrogen) atoms. The van der Waals surface area contributed by atoms with Crippen LogP contribution in [0.1, 0.15) is 35.3 Å². The van der Waals surface area contributed by atoms with Crippen LogP contribution in [0.15, 0.2) is 74.8 Å². The number of nitrogens with zero attached hydrogens (tertiary/aromatic N) is 1. The lowest BCUT2D eigenvalue weighted by Gasteiger charge is -2.14. The molecule has 0 atom stereocenters. The van der Waals surface area contributed by atoms with Crippen LogP contribution in [0.25, 0.3) is 6.08 Å². The Kier molecular flexibility index (Phi) is 9.55. The second kappa shape index (κ2) is 12.6. The lowest BCUT2D eigenvalue weighted by atomic mass is 10.1. The minimum absolute atomic E-state index is 0.0674. The lowest BCUT2D eigenvalue weighted by Crippen LogP contribution is -2.14. The van der Waals surface area contributed by atoms with Gasteiger partial charge in [-0.3, -0.25) is 4.79 Å². The van der Waals surface area contributed by atoms with Gasteiger partial charge in [-0.05, 0) is 72.6 Å². The van der Waals surface area contributed by atoms with Crippen molar-refractivity contribution >= 4 is 50.7 Å². The van der Waals surface area contributed by atoms with Crippen LogP contribution in [-0.4, -0.2) is 41.8 Å². The van der Waals surface area contributed by atoms with E-state index in [0.29, 0.717) is 45.2 Å². The molecule has 7 nitrogen and oxygen atoms in total. The summed E-state index contributed by atoms with van der Waals surface area (Å²) in [5, 5.41) is 11.0. The summed E-state index contributed by atoms with van der Waals surface area (Å²) in [6, 6.07) is 10.5. The first-order valence-electron chi connectivity index (χ1n) is 11.2. The maximum Gasteiger partial charge on any atom is 0.344 e. The average Bonchev–Trinajstić information content (AvgIpc) is 3.13. The molecule has 1 aliphatic rings. The molecule has 9 heteroatoms. The number of carbonyl (C=O) groups excluding carboxylic acids is 2. The summed E-state index contributed by atoms with van der Waals surface area (Å²) in [6.45, 7) is 9.92. The molecular weight excluding hydrogens is 546 g/mol. The number of aliphatic imine (C=N–C) groups is 1. The third-order valence-corrected chi connectivity index (χ3v) is 6.46. The normalized spacial score (nSPS) is 15.3. The Morgan fingerprint density at radius 3 is 2.50 bits per heavy atom. The summed E-state index contributed by atoms with van der Waals surface area (Å²) in [6.07, 6.45) is 3.30. The Labute approximate surface area is 222 Å². The summed E-state index contributed by atoms with van der Waals surface area (Å²) in [5.41, 5.74) is 1.89. The number of benzene rings is 2. The van der Waals surface area contributed by atoms with E-state index in [-0.39, 0.29) is 23.0 Å². The van der Waals surface area contributed by atoms with Crippen molar-refractivity contribution in [3.63, 3.8) is 0 Å². The average molecular weight is 572 g/mol. The molecule has 0 aromatic heterocycles. The van der Waals surface area contributed by atoms with Gasteiger partial charge in [0, 0.05) is 5.56 Å². The van der Waals surface area contributed by atoms with E-state index in [1.807, 2.05) is 13.8 Å². The van der Waals surface area contributed by atoms with E-state index < -0.39 is 11.9 Å². The van der Waals surface area contributed by atoms with E-state index in [1.54, 1.807) is 55.5 Å². The van der Waals surface area contributed by atoms with Crippen molar-refractivity contribution in [3.05, 3.63) is 86.5 Å². The van der Waals surface area contributed by atoms with Crippen molar-refractivity contribution < 1.29 is 28.9 Å². The van der Waals surface area contributed by atoms with Crippen LogP contribution in [0.4, 0.5) is 0 Å². The largest absolute Gasteiger partial charge is 0.506 e. The molecule has 1 aliphatic heterocycles. The van der Waals surface area contributed by atoms with E-state index in [0.717, 1.165) is 17.3 Å². The maximum absolute atomic E-state index is 12.8. The van der Waals surface area contributed by atoms with Gasteiger partial charge in [0.15, 0.2) is 11.5 Å². The molecule has 1 amide bonds. The summed E-state index contributed by atoms with van der Waals surface area (Å²) in [7, 11) is 0. The molecule has 1 N–H and O–H groups in total. The number of hydrogen-bond acceptors (Lipinski definition) is 7. The van der Waals surface area contributed by atoms with Gasteiger partial charge in [0.1, 0.15) is 23.0 Å². The summed E-state index contributed by atoms with van der Waals surface area (Å²) in [5.74, 6) is -0.573. The van der Waals surface area contributed by atoms with Crippen LogP contribution in [0.2, 0.25) is 0 Å². The van der Waals surface area contributed by atoms with Crippen LogP contribution in [0, 0.1) is 6.92 Å². The second-order valence-electron chi connectivity index (χ2n) is 7.51. The Balaban J connectivity index is 2.03. The highest BCUT2D eigenvalue weighted by Crippen LogP contribution is 2.42. The van der Waals surface area contributed by atoms with Crippen molar-refractivity contribution in [3.8, 4) is 11.5 Å². The van der Waals surface area contributed by atoms with Crippen LogP contribution in [0.5, 0.6) is 11.5 Å². The van der Waals surface area contributed by atoms with Crippen molar-refractivity contribution in [1.82, 2.24) is 0 Å². The quantitative estimate of drug-likeness (QED) is 0.274. The number of carbonyl (C=O) groups is 2. The summed E-state index contributed by atoms with van der Waals surface area (Å²) in [4.78, 5) is 29.9. The van der Waals surface area contributed by atoms with Gasteiger partial charge in [-0.15, -0.1) is 0 Å². The van der Waals surface area contributed by atoms with E-state index in [9.17, 15) is 14.7 Å². The van der Waals surface area contributed by atoms with Gasteiger partial charge in [0.05, 0.1) is 22.6 Å². The Morgan fingerprint density at radius 1 is 1.14 bits per heavy atom. The number of rotatable bonds is 9. The van der Waals surface area contributed by atoms with Gasteiger partial charge >= 0.3 is 5.97 Å². The number of esters is 1. The van der Waals surface area contributed by atoms with Crippen LogP contribution < -0.4 is 9.47 Å². The third kappa shape index (κ3) is 6.47. The smallest absolute Gasteiger partial charge is 0.344 e. The molecule has 2 aromatic rings. The first-order valence-corrected chi connectivity index (χ1v) is 12.8. The fourth-order valence-electron chi connectivity index (χ4n) is 3.21. The number of aryl methyl sites for hydroxylation is 1. The van der Waals surface area contributed by atoms with E-state index in [4.69, 9.17) is 14.2 Å². The van der Waals surface area contributed by atoms with Crippen molar-refractivity contribution in [1.29, 1.82) is 0 Å². The van der Waals surface area contributed by atoms with Gasteiger partial charge in [-0.2, -0.15) is 0 Å². The number of hydrogen-bond donors (Lipinski definition) is 1. The molecule has 0 unspecified atom stereocenters. The Morgan fingerprint density at radius 2 is 1.86 bits per heavy atom. The van der Waals surface area contributed by atoms with Crippen LogP contribution in [0.3, 0.4) is 0 Å². The minimum Gasteiger partial charge on any atom is -0.506 e. The Bertz CT molecular complexity index is 1260. The van der Waals surface area contributed by atoms with E-state index in [2.05, 4.69) is 27.5 Å². The molecule has 0 radical (unpaired) electrons.